The van der Waals surface area contributed by atoms with E-state index in [1.165, 1.54) is 5.56 Å². The number of likely N-dealkylation sites (N-methyl/N-ethyl adjacent to an activating group) is 1. The van der Waals surface area contributed by atoms with E-state index in [-0.39, 0.29) is 0 Å². The smallest absolute Gasteiger partial charge is 0.107 e. The Morgan fingerprint density at radius 1 is 1.56 bits per heavy atom. The molecule has 0 saturated carbocycles. The van der Waals surface area contributed by atoms with Crippen LogP contribution in [-0.4, -0.2) is 36.6 Å². The van der Waals surface area contributed by atoms with Crippen LogP contribution in [0.2, 0.25) is 0 Å². The summed E-state index contributed by atoms with van der Waals surface area (Å²) in [6, 6.07) is 0.492. The van der Waals surface area contributed by atoms with E-state index in [0.29, 0.717) is 6.04 Å². The van der Waals surface area contributed by atoms with Gasteiger partial charge in [-0.3, -0.25) is 4.68 Å². The molecular formula is C11H18BrN3O. The first-order valence-corrected chi connectivity index (χ1v) is 6.56. The van der Waals surface area contributed by atoms with Crippen molar-refractivity contribution in [1.29, 1.82) is 0 Å². The highest BCUT2D eigenvalue weighted by Crippen LogP contribution is 2.26. The minimum Gasteiger partial charge on any atom is -0.381 e. The first-order chi connectivity index (χ1) is 7.83. The van der Waals surface area contributed by atoms with Crippen molar-refractivity contribution in [2.75, 3.05) is 26.8 Å². The molecule has 5 heteroatoms. The largest absolute Gasteiger partial charge is 0.381 e. The maximum Gasteiger partial charge on any atom is 0.107 e. The monoisotopic (exact) mass is 287 g/mol. The Morgan fingerprint density at radius 3 is 3.00 bits per heavy atom. The van der Waals surface area contributed by atoms with Gasteiger partial charge in [0.15, 0.2) is 0 Å². The highest BCUT2D eigenvalue weighted by atomic mass is 79.9. The number of nitrogens with one attached hydrogen (secondary N) is 1. The van der Waals surface area contributed by atoms with Gasteiger partial charge in [0, 0.05) is 18.8 Å². The van der Waals surface area contributed by atoms with Gasteiger partial charge in [-0.05, 0) is 48.8 Å². The van der Waals surface area contributed by atoms with Crippen LogP contribution in [-0.2, 0) is 11.2 Å². The zero-order valence-electron chi connectivity index (χ0n) is 9.58. The van der Waals surface area contributed by atoms with E-state index in [0.717, 1.165) is 43.6 Å². The molecule has 2 rings (SSSR count). The molecule has 1 saturated heterocycles. The number of nitrogens with zero attached hydrogens (tertiary/aromatic N) is 2. The normalized spacial score (nSPS) is 17.9. The number of aromatic nitrogens is 2. The van der Waals surface area contributed by atoms with E-state index in [2.05, 4.69) is 31.0 Å². The number of rotatable bonds is 4. The van der Waals surface area contributed by atoms with Crippen molar-refractivity contribution in [2.45, 2.75) is 25.3 Å². The molecule has 1 aromatic heterocycles. The molecule has 90 valence electrons. The van der Waals surface area contributed by atoms with Gasteiger partial charge in [-0.2, -0.15) is 5.10 Å². The molecule has 1 fully saturated rings. The predicted molar refractivity (Wildman–Crippen MR) is 66.6 cm³/mol. The standard InChI is InChI=1S/C11H18BrN3O/c1-13-5-2-9-8-14-15(11(9)12)10-3-6-16-7-4-10/h8,10,13H,2-7H2,1H3. The van der Waals surface area contributed by atoms with Crippen molar-refractivity contribution >= 4 is 15.9 Å². The van der Waals surface area contributed by atoms with Crippen LogP contribution >= 0.6 is 15.9 Å². The molecule has 1 aliphatic heterocycles. The Hall–Kier alpha value is -0.390. The number of ether oxygens (including phenoxy) is 1. The lowest BCUT2D eigenvalue weighted by Gasteiger charge is -2.23. The van der Waals surface area contributed by atoms with Crippen LogP contribution in [0, 0.1) is 0 Å². The van der Waals surface area contributed by atoms with E-state index in [1.807, 2.05) is 13.2 Å². The van der Waals surface area contributed by atoms with Gasteiger partial charge in [0.05, 0.1) is 12.2 Å². The fourth-order valence-electron chi connectivity index (χ4n) is 1.99. The van der Waals surface area contributed by atoms with E-state index in [9.17, 15) is 0 Å². The Kier molecular flexibility index (Phi) is 4.37. The van der Waals surface area contributed by atoms with Crippen LogP contribution in [0.25, 0.3) is 0 Å². The second kappa shape index (κ2) is 5.80. The lowest BCUT2D eigenvalue weighted by atomic mass is 10.1. The average molecular weight is 288 g/mol. The van der Waals surface area contributed by atoms with Gasteiger partial charge in [-0.15, -0.1) is 0 Å². The summed E-state index contributed by atoms with van der Waals surface area (Å²) in [5, 5.41) is 7.63. The highest BCUT2D eigenvalue weighted by Gasteiger charge is 2.19. The van der Waals surface area contributed by atoms with Crippen LogP contribution in [0.4, 0.5) is 0 Å². The summed E-state index contributed by atoms with van der Waals surface area (Å²) < 4.78 is 8.60. The Bertz CT molecular complexity index is 334. The summed E-state index contributed by atoms with van der Waals surface area (Å²) in [6.07, 6.45) is 5.11. The molecule has 1 aliphatic rings. The minimum absolute atomic E-state index is 0.492. The highest BCUT2D eigenvalue weighted by molar-refractivity contribution is 9.10. The molecule has 0 aliphatic carbocycles. The van der Waals surface area contributed by atoms with Gasteiger partial charge < -0.3 is 10.1 Å². The summed E-state index contributed by atoms with van der Waals surface area (Å²) in [5.74, 6) is 0. The van der Waals surface area contributed by atoms with Crippen LogP contribution in [0.5, 0.6) is 0 Å². The molecule has 0 spiro atoms. The average Bonchev–Trinajstić information content (AvgIpc) is 2.69. The fourth-order valence-corrected chi connectivity index (χ4v) is 2.68. The minimum atomic E-state index is 0.492. The number of hydrogen-bond donors (Lipinski definition) is 1. The summed E-state index contributed by atoms with van der Waals surface area (Å²) in [5.41, 5.74) is 1.28. The molecule has 0 atom stereocenters. The molecule has 0 radical (unpaired) electrons. The van der Waals surface area contributed by atoms with Crippen molar-refractivity contribution in [3.63, 3.8) is 0 Å². The first-order valence-electron chi connectivity index (χ1n) is 5.77. The third-order valence-corrected chi connectivity index (χ3v) is 3.86. The van der Waals surface area contributed by atoms with E-state index in [1.54, 1.807) is 0 Å². The molecule has 0 amide bonds. The first kappa shape index (κ1) is 12.1. The maximum atomic E-state index is 5.37. The van der Waals surface area contributed by atoms with Gasteiger partial charge in [0.1, 0.15) is 4.60 Å². The zero-order valence-corrected chi connectivity index (χ0v) is 11.2. The molecule has 16 heavy (non-hydrogen) atoms. The van der Waals surface area contributed by atoms with Gasteiger partial charge in [0.2, 0.25) is 0 Å². The number of halogens is 1. The van der Waals surface area contributed by atoms with E-state index < -0.39 is 0 Å². The molecule has 1 N–H and O–H groups in total. The molecule has 4 nitrogen and oxygen atoms in total. The van der Waals surface area contributed by atoms with Crippen LogP contribution < -0.4 is 5.32 Å². The Balaban J connectivity index is 2.06. The van der Waals surface area contributed by atoms with Crippen molar-refractivity contribution in [3.05, 3.63) is 16.4 Å². The molecule has 2 heterocycles. The van der Waals surface area contributed by atoms with Gasteiger partial charge in [-0.25, -0.2) is 0 Å². The maximum absolute atomic E-state index is 5.37. The quantitative estimate of drug-likeness (QED) is 0.917. The topological polar surface area (TPSA) is 39.1 Å². The van der Waals surface area contributed by atoms with E-state index in [4.69, 9.17) is 4.74 Å². The number of hydrogen-bond acceptors (Lipinski definition) is 3. The van der Waals surface area contributed by atoms with Gasteiger partial charge in [0.25, 0.3) is 0 Å². The van der Waals surface area contributed by atoms with Crippen LogP contribution in [0.3, 0.4) is 0 Å². The van der Waals surface area contributed by atoms with Crippen molar-refractivity contribution < 1.29 is 4.74 Å². The van der Waals surface area contributed by atoms with Crippen LogP contribution in [0.15, 0.2) is 10.8 Å². The summed E-state index contributed by atoms with van der Waals surface area (Å²) in [4.78, 5) is 0. The Morgan fingerprint density at radius 2 is 2.31 bits per heavy atom. The molecule has 0 bridgehead atoms. The zero-order chi connectivity index (χ0) is 11.4. The molecule has 0 aromatic carbocycles. The second-order valence-corrected chi connectivity index (χ2v) is 4.85. The molecular weight excluding hydrogens is 270 g/mol. The third-order valence-electron chi connectivity index (χ3n) is 2.99. The summed E-state index contributed by atoms with van der Waals surface area (Å²) >= 11 is 3.65. The van der Waals surface area contributed by atoms with E-state index >= 15 is 0 Å². The van der Waals surface area contributed by atoms with Crippen molar-refractivity contribution in [3.8, 4) is 0 Å². The SMILES string of the molecule is CNCCc1cnn(C2CCOCC2)c1Br. The lowest BCUT2D eigenvalue weighted by Crippen LogP contribution is -2.20. The molecule has 1 aromatic rings. The Labute approximate surface area is 104 Å². The predicted octanol–water partition coefficient (Wildman–Crippen LogP) is 1.76. The molecule has 0 unspecified atom stereocenters. The van der Waals surface area contributed by atoms with Crippen LogP contribution in [0.1, 0.15) is 24.4 Å². The van der Waals surface area contributed by atoms with Crippen molar-refractivity contribution in [2.24, 2.45) is 0 Å². The fraction of sp³-hybridized carbons (Fsp3) is 0.727. The second-order valence-electron chi connectivity index (χ2n) is 4.10. The van der Waals surface area contributed by atoms with Crippen molar-refractivity contribution in [1.82, 2.24) is 15.1 Å². The van der Waals surface area contributed by atoms with Gasteiger partial charge >= 0.3 is 0 Å². The third kappa shape index (κ3) is 2.64. The summed E-state index contributed by atoms with van der Waals surface area (Å²) in [6.45, 7) is 2.68. The lowest BCUT2D eigenvalue weighted by molar-refractivity contribution is 0.0656. The van der Waals surface area contributed by atoms with Gasteiger partial charge in [-0.1, -0.05) is 0 Å². The summed E-state index contributed by atoms with van der Waals surface area (Å²) in [7, 11) is 1.97.